The highest BCUT2D eigenvalue weighted by Gasteiger charge is 2.45. The van der Waals surface area contributed by atoms with Gasteiger partial charge in [-0.15, -0.1) is 0 Å². The maximum atomic E-state index is 9.97. The number of piperazine rings is 1. The van der Waals surface area contributed by atoms with Gasteiger partial charge in [0, 0.05) is 38.8 Å². The van der Waals surface area contributed by atoms with Crippen molar-refractivity contribution in [1.29, 1.82) is 0 Å². The second-order valence-electron chi connectivity index (χ2n) is 7.37. The van der Waals surface area contributed by atoms with Gasteiger partial charge in [-0.2, -0.15) is 0 Å². The van der Waals surface area contributed by atoms with E-state index in [1.54, 1.807) is 0 Å². The molecule has 0 amide bonds. The lowest BCUT2D eigenvalue weighted by atomic mass is 9.92. The first-order valence-corrected chi connectivity index (χ1v) is 9.10. The number of hydrogen-bond donors (Lipinski definition) is 2. The van der Waals surface area contributed by atoms with Crippen molar-refractivity contribution in [2.75, 3.05) is 45.9 Å². The van der Waals surface area contributed by atoms with Crippen LogP contribution in [-0.4, -0.2) is 72.4 Å². The molecule has 4 heteroatoms. The number of aliphatic hydroxyl groups excluding tert-OH is 1. The second-order valence-corrected chi connectivity index (χ2v) is 7.37. The Morgan fingerprint density at radius 3 is 2.24 bits per heavy atom. The first-order chi connectivity index (χ1) is 10.3. The first kappa shape index (κ1) is 15.7. The van der Waals surface area contributed by atoms with E-state index in [0.29, 0.717) is 5.92 Å². The fourth-order valence-electron chi connectivity index (χ4n) is 4.51. The summed E-state index contributed by atoms with van der Waals surface area (Å²) >= 11 is 0. The summed E-state index contributed by atoms with van der Waals surface area (Å²) in [6.07, 6.45) is 8.27. The average molecular weight is 295 g/mol. The zero-order valence-electron chi connectivity index (χ0n) is 13.7. The van der Waals surface area contributed by atoms with E-state index in [-0.39, 0.29) is 12.1 Å². The Hall–Kier alpha value is -0.160. The Morgan fingerprint density at radius 2 is 1.71 bits per heavy atom. The second kappa shape index (κ2) is 6.95. The highest BCUT2D eigenvalue weighted by Crippen LogP contribution is 2.40. The summed E-state index contributed by atoms with van der Waals surface area (Å²) in [5.74, 6) is 0.690. The lowest BCUT2D eigenvalue weighted by Gasteiger charge is -2.43. The number of hydrogen-bond acceptors (Lipinski definition) is 4. The number of aliphatic hydroxyl groups is 1. The van der Waals surface area contributed by atoms with Crippen molar-refractivity contribution in [2.24, 2.45) is 5.92 Å². The molecular formula is C17H33N3O. The zero-order chi connectivity index (χ0) is 14.7. The summed E-state index contributed by atoms with van der Waals surface area (Å²) < 4.78 is 0. The van der Waals surface area contributed by atoms with Gasteiger partial charge in [0.15, 0.2) is 0 Å². The fourth-order valence-corrected chi connectivity index (χ4v) is 4.51. The molecular weight excluding hydrogens is 262 g/mol. The standard InChI is InChI=1S/C17H33N3O/c1-2-18-17(14-21,15-7-8-15)13-19-9-11-20(12-10-19)16-5-3-4-6-16/h15-16,18,21H,2-14H2,1H3. The lowest BCUT2D eigenvalue weighted by molar-refractivity contribution is 0.0484. The molecule has 0 bridgehead atoms. The summed E-state index contributed by atoms with van der Waals surface area (Å²) in [5, 5.41) is 13.6. The number of rotatable bonds is 7. The summed E-state index contributed by atoms with van der Waals surface area (Å²) in [4.78, 5) is 5.30. The van der Waals surface area contributed by atoms with Crippen LogP contribution in [0.25, 0.3) is 0 Å². The highest BCUT2D eigenvalue weighted by molar-refractivity contribution is 5.03. The largest absolute Gasteiger partial charge is 0.394 e. The van der Waals surface area contributed by atoms with Crippen LogP contribution in [0.4, 0.5) is 0 Å². The molecule has 1 saturated heterocycles. The molecule has 2 saturated carbocycles. The van der Waals surface area contributed by atoms with Crippen molar-refractivity contribution < 1.29 is 5.11 Å². The van der Waals surface area contributed by atoms with Gasteiger partial charge in [0.1, 0.15) is 0 Å². The third-order valence-corrected chi connectivity index (χ3v) is 5.92. The minimum atomic E-state index is -0.0374. The van der Waals surface area contributed by atoms with Gasteiger partial charge in [-0.3, -0.25) is 9.80 Å². The van der Waals surface area contributed by atoms with E-state index < -0.39 is 0 Å². The summed E-state index contributed by atoms with van der Waals surface area (Å²) in [6.45, 7) is 9.23. The lowest BCUT2D eigenvalue weighted by Crippen LogP contribution is -2.61. The van der Waals surface area contributed by atoms with Gasteiger partial charge in [-0.25, -0.2) is 0 Å². The first-order valence-electron chi connectivity index (χ1n) is 9.10. The average Bonchev–Trinajstić information content (AvgIpc) is 3.23. The van der Waals surface area contributed by atoms with Crippen LogP contribution in [0.2, 0.25) is 0 Å². The molecule has 1 aliphatic heterocycles. The molecule has 2 N–H and O–H groups in total. The number of nitrogens with one attached hydrogen (secondary N) is 1. The van der Waals surface area contributed by atoms with Gasteiger partial charge >= 0.3 is 0 Å². The van der Waals surface area contributed by atoms with Gasteiger partial charge in [0.25, 0.3) is 0 Å². The Bertz CT molecular complexity index is 320. The van der Waals surface area contributed by atoms with Crippen LogP contribution in [0.15, 0.2) is 0 Å². The topological polar surface area (TPSA) is 38.7 Å². The molecule has 1 heterocycles. The molecule has 4 nitrogen and oxygen atoms in total. The molecule has 0 aromatic rings. The van der Waals surface area contributed by atoms with E-state index in [1.165, 1.54) is 64.7 Å². The Labute approximate surface area is 129 Å². The Balaban J connectivity index is 1.51. The molecule has 0 spiro atoms. The third kappa shape index (κ3) is 3.61. The normalized spacial score (nSPS) is 28.9. The van der Waals surface area contributed by atoms with Crippen LogP contribution in [-0.2, 0) is 0 Å². The van der Waals surface area contributed by atoms with Crippen LogP contribution in [0.3, 0.4) is 0 Å². The van der Waals surface area contributed by atoms with Crippen LogP contribution >= 0.6 is 0 Å². The van der Waals surface area contributed by atoms with Gasteiger partial charge in [-0.1, -0.05) is 19.8 Å². The SMILES string of the molecule is CCNC(CO)(CN1CCN(C2CCCC2)CC1)C1CC1. The van der Waals surface area contributed by atoms with Crippen LogP contribution in [0.1, 0.15) is 45.4 Å². The molecule has 3 rings (SSSR count). The van der Waals surface area contributed by atoms with E-state index in [0.717, 1.165) is 19.1 Å². The van der Waals surface area contributed by atoms with Crippen molar-refractivity contribution in [3.05, 3.63) is 0 Å². The molecule has 3 fully saturated rings. The molecule has 2 aliphatic carbocycles. The predicted molar refractivity (Wildman–Crippen MR) is 86.5 cm³/mol. The van der Waals surface area contributed by atoms with Crippen molar-refractivity contribution >= 4 is 0 Å². The summed E-state index contributed by atoms with van der Waals surface area (Å²) in [7, 11) is 0. The Kier molecular flexibility index (Phi) is 5.20. The van der Waals surface area contributed by atoms with Crippen molar-refractivity contribution in [3.63, 3.8) is 0 Å². The van der Waals surface area contributed by atoms with E-state index in [2.05, 4.69) is 22.0 Å². The molecule has 0 aromatic carbocycles. The maximum absolute atomic E-state index is 9.97. The quantitative estimate of drug-likeness (QED) is 0.742. The molecule has 0 radical (unpaired) electrons. The smallest absolute Gasteiger partial charge is 0.0628 e. The van der Waals surface area contributed by atoms with Crippen LogP contribution in [0, 0.1) is 5.92 Å². The fraction of sp³-hybridized carbons (Fsp3) is 1.00. The van der Waals surface area contributed by atoms with Gasteiger partial charge in [0.05, 0.1) is 12.1 Å². The zero-order valence-corrected chi connectivity index (χ0v) is 13.7. The monoisotopic (exact) mass is 295 g/mol. The van der Waals surface area contributed by atoms with E-state index in [9.17, 15) is 5.11 Å². The van der Waals surface area contributed by atoms with E-state index in [4.69, 9.17) is 0 Å². The van der Waals surface area contributed by atoms with Gasteiger partial charge in [0.2, 0.25) is 0 Å². The highest BCUT2D eigenvalue weighted by atomic mass is 16.3. The minimum Gasteiger partial charge on any atom is -0.394 e. The third-order valence-electron chi connectivity index (χ3n) is 5.92. The van der Waals surface area contributed by atoms with Gasteiger partial charge in [-0.05, 0) is 38.1 Å². The molecule has 122 valence electrons. The minimum absolute atomic E-state index is 0.0374. The molecule has 21 heavy (non-hydrogen) atoms. The number of nitrogens with zero attached hydrogens (tertiary/aromatic N) is 2. The van der Waals surface area contributed by atoms with E-state index >= 15 is 0 Å². The molecule has 3 aliphatic rings. The van der Waals surface area contributed by atoms with Crippen molar-refractivity contribution in [1.82, 2.24) is 15.1 Å². The van der Waals surface area contributed by atoms with Crippen molar-refractivity contribution in [3.8, 4) is 0 Å². The summed E-state index contributed by atoms with van der Waals surface area (Å²) in [5.41, 5.74) is -0.0374. The van der Waals surface area contributed by atoms with Crippen molar-refractivity contribution in [2.45, 2.75) is 57.0 Å². The van der Waals surface area contributed by atoms with Crippen LogP contribution in [0.5, 0.6) is 0 Å². The molecule has 1 atom stereocenters. The predicted octanol–water partition coefficient (Wildman–Crippen LogP) is 1.30. The van der Waals surface area contributed by atoms with Crippen LogP contribution < -0.4 is 5.32 Å². The number of likely N-dealkylation sites (N-methyl/N-ethyl adjacent to an activating group) is 1. The Morgan fingerprint density at radius 1 is 1.05 bits per heavy atom. The maximum Gasteiger partial charge on any atom is 0.0628 e. The van der Waals surface area contributed by atoms with E-state index in [1.807, 2.05) is 0 Å². The molecule has 1 unspecified atom stereocenters. The van der Waals surface area contributed by atoms with Gasteiger partial charge < -0.3 is 10.4 Å². The molecule has 0 aromatic heterocycles. The summed E-state index contributed by atoms with van der Waals surface area (Å²) in [6, 6.07) is 0.868.